The molecule has 0 atom stereocenters. The lowest BCUT2D eigenvalue weighted by Gasteiger charge is -2.10. The Labute approximate surface area is 192 Å². The van der Waals surface area contributed by atoms with E-state index in [0.29, 0.717) is 35.3 Å². The van der Waals surface area contributed by atoms with Gasteiger partial charge in [0.15, 0.2) is 11.0 Å². The molecule has 0 fully saturated rings. The SMILES string of the molecule is CCc1cc2c(CSc3nnc(-c4cccnc4)n3Cc3ccco3)cc(=O)oc2cc1O. The summed E-state index contributed by atoms with van der Waals surface area (Å²) in [5, 5.41) is 20.4. The lowest BCUT2D eigenvalue weighted by atomic mass is 10.1. The van der Waals surface area contributed by atoms with Crippen molar-refractivity contribution in [2.24, 2.45) is 0 Å². The topological polar surface area (TPSA) is 107 Å². The van der Waals surface area contributed by atoms with E-state index in [2.05, 4.69) is 15.2 Å². The average molecular weight is 461 g/mol. The Balaban J connectivity index is 1.52. The van der Waals surface area contributed by atoms with Crippen molar-refractivity contribution in [1.29, 1.82) is 0 Å². The third kappa shape index (κ3) is 4.27. The van der Waals surface area contributed by atoms with Gasteiger partial charge in [-0.2, -0.15) is 0 Å². The number of phenolic OH excluding ortho intramolecular Hbond substituents is 1. The maximum Gasteiger partial charge on any atom is 0.336 e. The predicted octanol–water partition coefficient (Wildman–Crippen LogP) is 4.65. The number of fused-ring (bicyclic) bond motifs is 1. The van der Waals surface area contributed by atoms with Crippen LogP contribution in [0.1, 0.15) is 23.8 Å². The van der Waals surface area contributed by atoms with Gasteiger partial charge in [-0.15, -0.1) is 10.2 Å². The van der Waals surface area contributed by atoms with Crippen molar-refractivity contribution in [2.75, 3.05) is 0 Å². The third-order valence-electron chi connectivity index (χ3n) is 5.30. The highest BCUT2D eigenvalue weighted by molar-refractivity contribution is 7.98. The lowest BCUT2D eigenvalue weighted by molar-refractivity contribution is 0.466. The Morgan fingerprint density at radius 3 is 2.79 bits per heavy atom. The minimum Gasteiger partial charge on any atom is -0.508 e. The fourth-order valence-corrected chi connectivity index (χ4v) is 4.59. The molecule has 1 N–H and O–H groups in total. The first-order chi connectivity index (χ1) is 16.1. The number of aromatic nitrogens is 4. The molecule has 4 heterocycles. The summed E-state index contributed by atoms with van der Waals surface area (Å²) in [4.78, 5) is 16.3. The van der Waals surface area contributed by atoms with Crippen molar-refractivity contribution in [3.63, 3.8) is 0 Å². The van der Waals surface area contributed by atoms with Gasteiger partial charge in [0.1, 0.15) is 17.1 Å². The van der Waals surface area contributed by atoms with Gasteiger partial charge in [-0.1, -0.05) is 18.7 Å². The molecule has 0 saturated carbocycles. The molecule has 8 nitrogen and oxygen atoms in total. The molecule has 1 aromatic carbocycles. The van der Waals surface area contributed by atoms with Crippen LogP contribution in [0.4, 0.5) is 0 Å². The van der Waals surface area contributed by atoms with E-state index >= 15 is 0 Å². The molecule has 33 heavy (non-hydrogen) atoms. The molecule has 0 aliphatic carbocycles. The smallest absolute Gasteiger partial charge is 0.336 e. The molecule has 0 amide bonds. The highest BCUT2D eigenvalue weighted by atomic mass is 32.2. The van der Waals surface area contributed by atoms with Gasteiger partial charge >= 0.3 is 5.63 Å². The first-order valence-corrected chi connectivity index (χ1v) is 11.4. The minimum atomic E-state index is -0.463. The van der Waals surface area contributed by atoms with E-state index in [4.69, 9.17) is 8.83 Å². The molecule has 166 valence electrons. The van der Waals surface area contributed by atoms with Crippen LogP contribution in [0.3, 0.4) is 0 Å². The molecule has 0 aliphatic rings. The van der Waals surface area contributed by atoms with Crippen LogP contribution in [0.5, 0.6) is 5.75 Å². The highest BCUT2D eigenvalue weighted by Gasteiger charge is 2.17. The van der Waals surface area contributed by atoms with Gasteiger partial charge in [0.25, 0.3) is 0 Å². The number of furan rings is 1. The van der Waals surface area contributed by atoms with Crippen LogP contribution in [0.15, 0.2) is 79.9 Å². The number of hydrogen-bond acceptors (Lipinski definition) is 8. The Morgan fingerprint density at radius 1 is 1.12 bits per heavy atom. The van der Waals surface area contributed by atoms with Gasteiger partial charge < -0.3 is 13.9 Å². The molecule has 0 saturated heterocycles. The maximum atomic E-state index is 12.1. The van der Waals surface area contributed by atoms with E-state index < -0.39 is 5.63 Å². The number of thioether (sulfide) groups is 1. The summed E-state index contributed by atoms with van der Waals surface area (Å²) >= 11 is 1.46. The number of benzene rings is 1. The lowest BCUT2D eigenvalue weighted by Crippen LogP contribution is -2.04. The second-order valence-electron chi connectivity index (χ2n) is 7.42. The summed E-state index contributed by atoms with van der Waals surface area (Å²) in [7, 11) is 0. The zero-order valence-electron chi connectivity index (χ0n) is 17.8. The molecule has 0 aliphatic heterocycles. The predicted molar refractivity (Wildman–Crippen MR) is 124 cm³/mol. The maximum absolute atomic E-state index is 12.1. The number of aryl methyl sites for hydroxylation is 1. The number of rotatable bonds is 7. The fourth-order valence-electron chi connectivity index (χ4n) is 3.66. The molecule has 5 aromatic rings. The molecular formula is C24H20N4O4S. The molecule has 0 unspecified atom stereocenters. The van der Waals surface area contributed by atoms with Crippen LogP contribution in [0.2, 0.25) is 0 Å². The first kappa shape index (κ1) is 21.0. The first-order valence-electron chi connectivity index (χ1n) is 10.4. The summed E-state index contributed by atoms with van der Waals surface area (Å²) < 4.78 is 12.8. The number of nitrogens with zero attached hydrogens (tertiary/aromatic N) is 4. The van der Waals surface area contributed by atoms with Gasteiger partial charge in [0, 0.05) is 41.2 Å². The van der Waals surface area contributed by atoms with Crippen LogP contribution in [-0.2, 0) is 18.7 Å². The Hall–Kier alpha value is -3.85. The van der Waals surface area contributed by atoms with Crippen molar-refractivity contribution >= 4 is 22.7 Å². The van der Waals surface area contributed by atoms with Gasteiger partial charge in [-0.25, -0.2) is 4.79 Å². The standard InChI is InChI=1S/C24H20N4O4S/c1-2-15-9-19-17(10-22(30)32-21(19)11-20(15)29)14-33-24-27-26-23(16-5-3-7-25-12-16)28(24)13-18-6-4-8-31-18/h3-12,29H,2,13-14H2,1H3. The van der Waals surface area contributed by atoms with Crippen molar-refractivity contribution in [3.8, 4) is 17.1 Å². The van der Waals surface area contributed by atoms with Gasteiger partial charge in [0.05, 0.1) is 12.8 Å². The number of aromatic hydroxyl groups is 1. The average Bonchev–Trinajstić information content (AvgIpc) is 3.48. The summed E-state index contributed by atoms with van der Waals surface area (Å²) in [5.41, 5.74) is 2.34. The van der Waals surface area contributed by atoms with Crippen LogP contribution in [-0.4, -0.2) is 24.9 Å². The molecular weight excluding hydrogens is 440 g/mol. The van der Waals surface area contributed by atoms with Gasteiger partial charge in [0.2, 0.25) is 0 Å². The van der Waals surface area contributed by atoms with Crippen LogP contribution in [0, 0.1) is 0 Å². The number of pyridine rings is 1. The minimum absolute atomic E-state index is 0.122. The number of phenols is 1. The van der Waals surface area contributed by atoms with Gasteiger partial charge in [-0.05, 0) is 47.9 Å². The fraction of sp³-hybridized carbons (Fsp3) is 0.167. The van der Waals surface area contributed by atoms with Crippen LogP contribution < -0.4 is 5.63 Å². The van der Waals surface area contributed by atoms with Crippen molar-refractivity contribution in [3.05, 3.63) is 88.4 Å². The van der Waals surface area contributed by atoms with Crippen LogP contribution >= 0.6 is 11.8 Å². The van der Waals surface area contributed by atoms with Crippen molar-refractivity contribution in [2.45, 2.75) is 30.8 Å². The van der Waals surface area contributed by atoms with Crippen molar-refractivity contribution in [1.82, 2.24) is 19.7 Å². The monoisotopic (exact) mass is 460 g/mol. The number of hydrogen-bond donors (Lipinski definition) is 1. The largest absolute Gasteiger partial charge is 0.508 e. The highest BCUT2D eigenvalue weighted by Crippen LogP contribution is 2.31. The zero-order valence-corrected chi connectivity index (χ0v) is 18.6. The Bertz CT molecular complexity index is 1460. The summed E-state index contributed by atoms with van der Waals surface area (Å²) in [6.45, 7) is 2.42. The van der Waals surface area contributed by atoms with E-state index in [9.17, 15) is 9.90 Å². The third-order valence-corrected chi connectivity index (χ3v) is 6.31. The summed E-state index contributed by atoms with van der Waals surface area (Å²) in [6.07, 6.45) is 5.75. The molecule has 9 heteroatoms. The Morgan fingerprint density at radius 2 is 2.03 bits per heavy atom. The quantitative estimate of drug-likeness (QED) is 0.276. The molecule has 0 bridgehead atoms. The molecule has 4 aromatic heterocycles. The summed E-state index contributed by atoms with van der Waals surface area (Å²) in [6, 6.07) is 12.4. The second kappa shape index (κ2) is 8.95. The van der Waals surface area contributed by atoms with Crippen LogP contribution in [0.25, 0.3) is 22.4 Å². The molecule has 5 rings (SSSR count). The van der Waals surface area contributed by atoms with E-state index in [0.717, 1.165) is 27.8 Å². The normalized spacial score (nSPS) is 11.3. The van der Waals surface area contributed by atoms with E-state index in [1.54, 1.807) is 18.7 Å². The second-order valence-corrected chi connectivity index (χ2v) is 8.37. The zero-order chi connectivity index (χ0) is 22.8. The summed E-state index contributed by atoms with van der Waals surface area (Å²) in [5.74, 6) is 2.05. The van der Waals surface area contributed by atoms with E-state index in [-0.39, 0.29) is 5.75 Å². The van der Waals surface area contributed by atoms with E-state index in [1.165, 1.54) is 23.9 Å². The van der Waals surface area contributed by atoms with Gasteiger partial charge in [-0.3, -0.25) is 9.55 Å². The molecule has 0 spiro atoms. The Kier molecular flexibility index (Phi) is 5.70. The van der Waals surface area contributed by atoms with E-state index in [1.807, 2.05) is 41.8 Å². The molecule has 0 radical (unpaired) electrons. The van der Waals surface area contributed by atoms with Crippen molar-refractivity contribution < 1.29 is 13.9 Å².